The van der Waals surface area contributed by atoms with Crippen molar-refractivity contribution < 1.29 is 0 Å². The van der Waals surface area contributed by atoms with Crippen molar-refractivity contribution in [3.8, 4) is 5.69 Å². The zero-order valence-corrected chi connectivity index (χ0v) is 15.7. The first-order chi connectivity index (χ1) is 13.3. The second-order valence-electron chi connectivity index (χ2n) is 7.14. The molecular formula is C20H21ClN6. The number of halogens is 1. The SMILES string of the molecule is Clc1ccc2c(c1)CNCc1nnc(N3CCC(c4ccccn4)CC3)n1-2. The quantitative estimate of drug-likeness (QED) is 0.739. The van der Waals surface area contributed by atoms with Gasteiger partial charge >= 0.3 is 0 Å². The van der Waals surface area contributed by atoms with Crippen LogP contribution in [0.3, 0.4) is 0 Å². The highest BCUT2D eigenvalue weighted by Crippen LogP contribution is 2.32. The summed E-state index contributed by atoms with van der Waals surface area (Å²) >= 11 is 6.21. The van der Waals surface area contributed by atoms with Gasteiger partial charge in [0.2, 0.25) is 5.95 Å². The van der Waals surface area contributed by atoms with Crippen molar-refractivity contribution in [2.75, 3.05) is 18.0 Å². The van der Waals surface area contributed by atoms with E-state index in [1.165, 1.54) is 11.3 Å². The Morgan fingerprint density at radius 2 is 1.93 bits per heavy atom. The Morgan fingerprint density at radius 3 is 2.74 bits per heavy atom. The smallest absolute Gasteiger partial charge is 0.231 e. The summed E-state index contributed by atoms with van der Waals surface area (Å²) in [5, 5.41) is 13.2. The number of aromatic nitrogens is 4. The van der Waals surface area contributed by atoms with Crippen LogP contribution in [-0.2, 0) is 13.1 Å². The second-order valence-corrected chi connectivity index (χ2v) is 7.58. The maximum atomic E-state index is 6.21. The summed E-state index contributed by atoms with van der Waals surface area (Å²) in [4.78, 5) is 6.89. The van der Waals surface area contributed by atoms with Gasteiger partial charge in [0.1, 0.15) is 0 Å². The van der Waals surface area contributed by atoms with Crippen molar-refractivity contribution in [2.24, 2.45) is 0 Å². The fraction of sp³-hybridized carbons (Fsp3) is 0.350. The van der Waals surface area contributed by atoms with Crippen molar-refractivity contribution in [3.05, 3.63) is 64.7 Å². The highest BCUT2D eigenvalue weighted by Gasteiger charge is 2.27. The van der Waals surface area contributed by atoms with Crippen LogP contribution in [0.5, 0.6) is 0 Å². The van der Waals surface area contributed by atoms with E-state index in [1.54, 1.807) is 0 Å². The highest BCUT2D eigenvalue weighted by molar-refractivity contribution is 6.30. The number of anilines is 1. The molecular weight excluding hydrogens is 360 g/mol. The molecule has 4 heterocycles. The third-order valence-corrected chi connectivity index (χ3v) is 5.71. The lowest BCUT2D eigenvalue weighted by Gasteiger charge is -2.32. The monoisotopic (exact) mass is 380 g/mol. The predicted molar refractivity (Wildman–Crippen MR) is 105 cm³/mol. The first-order valence-corrected chi connectivity index (χ1v) is 9.77. The molecule has 5 rings (SSSR count). The van der Waals surface area contributed by atoms with Gasteiger partial charge in [-0.25, -0.2) is 0 Å². The first-order valence-electron chi connectivity index (χ1n) is 9.39. The van der Waals surface area contributed by atoms with Crippen LogP contribution in [0.4, 0.5) is 5.95 Å². The number of nitrogens with zero attached hydrogens (tertiary/aromatic N) is 5. The Kier molecular flexibility index (Phi) is 4.30. The minimum atomic E-state index is 0.515. The molecule has 3 aromatic rings. The lowest BCUT2D eigenvalue weighted by Crippen LogP contribution is -2.35. The van der Waals surface area contributed by atoms with E-state index in [0.717, 1.165) is 55.0 Å². The van der Waals surface area contributed by atoms with Gasteiger partial charge in [-0.1, -0.05) is 17.7 Å². The molecule has 0 unspecified atom stereocenters. The average Bonchev–Trinajstić information content (AvgIpc) is 3.04. The number of benzene rings is 1. The zero-order chi connectivity index (χ0) is 18.2. The van der Waals surface area contributed by atoms with E-state index in [-0.39, 0.29) is 0 Å². The number of fused-ring (bicyclic) bond motifs is 3. The number of nitrogens with one attached hydrogen (secondary N) is 1. The summed E-state index contributed by atoms with van der Waals surface area (Å²) in [7, 11) is 0. The van der Waals surface area contributed by atoms with E-state index in [0.29, 0.717) is 12.5 Å². The van der Waals surface area contributed by atoms with Crippen LogP contribution in [0.15, 0.2) is 42.6 Å². The molecule has 1 fully saturated rings. The Hall–Kier alpha value is -2.44. The van der Waals surface area contributed by atoms with Gasteiger partial charge in [0, 0.05) is 42.5 Å². The largest absolute Gasteiger partial charge is 0.341 e. The highest BCUT2D eigenvalue weighted by atomic mass is 35.5. The minimum absolute atomic E-state index is 0.515. The molecule has 0 spiro atoms. The van der Waals surface area contributed by atoms with Gasteiger partial charge in [-0.3, -0.25) is 9.55 Å². The van der Waals surface area contributed by atoms with E-state index < -0.39 is 0 Å². The fourth-order valence-electron chi connectivity index (χ4n) is 4.09. The Balaban J connectivity index is 1.44. The second kappa shape index (κ2) is 6.94. The van der Waals surface area contributed by atoms with Crippen LogP contribution in [0.25, 0.3) is 5.69 Å². The molecule has 7 heteroatoms. The Morgan fingerprint density at radius 1 is 1.04 bits per heavy atom. The maximum absolute atomic E-state index is 6.21. The van der Waals surface area contributed by atoms with E-state index in [1.807, 2.05) is 24.4 Å². The van der Waals surface area contributed by atoms with Gasteiger partial charge in [-0.2, -0.15) is 0 Å². The molecule has 1 N–H and O–H groups in total. The zero-order valence-electron chi connectivity index (χ0n) is 15.0. The summed E-state index contributed by atoms with van der Waals surface area (Å²) in [5.74, 6) is 2.39. The van der Waals surface area contributed by atoms with Crippen molar-refractivity contribution in [3.63, 3.8) is 0 Å². The summed E-state index contributed by atoms with van der Waals surface area (Å²) in [6.45, 7) is 3.38. The predicted octanol–water partition coefficient (Wildman–Crippen LogP) is 3.30. The molecule has 2 aromatic heterocycles. The molecule has 0 saturated carbocycles. The van der Waals surface area contributed by atoms with Gasteiger partial charge in [-0.15, -0.1) is 10.2 Å². The molecule has 0 atom stereocenters. The lowest BCUT2D eigenvalue weighted by atomic mass is 9.93. The maximum Gasteiger partial charge on any atom is 0.231 e. The molecule has 27 heavy (non-hydrogen) atoms. The number of rotatable bonds is 2. The summed E-state index contributed by atoms with van der Waals surface area (Å²) in [6, 6.07) is 12.2. The van der Waals surface area contributed by atoms with E-state index in [4.69, 9.17) is 11.6 Å². The van der Waals surface area contributed by atoms with Crippen LogP contribution in [0.1, 0.15) is 35.8 Å². The van der Waals surface area contributed by atoms with Gasteiger partial charge in [0.05, 0.1) is 12.2 Å². The van der Waals surface area contributed by atoms with Crippen LogP contribution >= 0.6 is 11.6 Å². The molecule has 0 aliphatic carbocycles. The fourth-order valence-corrected chi connectivity index (χ4v) is 4.28. The standard InChI is InChI=1S/C20H21ClN6/c21-16-4-5-18-15(11-16)12-22-13-19-24-25-20(27(18)19)26-9-6-14(7-10-26)17-3-1-2-8-23-17/h1-5,8,11,14,22H,6-7,9-10,12-13H2. The molecule has 0 amide bonds. The van der Waals surface area contributed by atoms with Crippen LogP contribution < -0.4 is 10.2 Å². The van der Waals surface area contributed by atoms with E-state index >= 15 is 0 Å². The van der Waals surface area contributed by atoms with E-state index in [2.05, 4.69) is 48.2 Å². The van der Waals surface area contributed by atoms with Gasteiger partial charge in [0.15, 0.2) is 5.82 Å². The number of piperidine rings is 1. The van der Waals surface area contributed by atoms with Crippen LogP contribution in [0, 0.1) is 0 Å². The summed E-state index contributed by atoms with van der Waals surface area (Å²) < 4.78 is 2.19. The van der Waals surface area contributed by atoms with Gasteiger partial charge in [0.25, 0.3) is 0 Å². The molecule has 1 aromatic carbocycles. The summed E-state index contributed by atoms with van der Waals surface area (Å²) in [6.07, 6.45) is 4.03. The minimum Gasteiger partial charge on any atom is -0.341 e. The molecule has 2 aliphatic heterocycles. The Labute approximate surface area is 163 Å². The number of pyridine rings is 1. The Bertz CT molecular complexity index is 946. The van der Waals surface area contributed by atoms with E-state index in [9.17, 15) is 0 Å². The molecule has 6 nitrogen and oxygen atoms in total. The third kappa shape index (κ3) is 3.09. The first kappa shape index (κ1) is 16.7. The lowest BCUT2D eigenvalue weighted by molar-refractivity contribution is 0.489. The van der Waals surface area contributed by atoms with Gasteiger partial charge < -0.3 is 10.2 Å². The third-order valence-electron chi connectivity index (χ3n) is 5.48. The topological polar surface area (TPSA) is 58.9 Å². The van der Waals surface area contributed by atoms with Crippen LogP contribution in [0.2, 0.25) is 5.02 Å². The van der Waals surface area contributed by atoms with Crippen LogP contribution in [-0.4, -0.2) is 32.8 Å². The number of hydrogen-bond donors (Lipinski definition) is 1. The normalized spacial score (nSPS) is 17.3. The van der Waals surface area contributed by atoms with Crippen molar-refractivity contribution >= 4 is 17.5 Å². The van der Waals surface area contributed by atoms with Crippen molar-refractivity contribution in [2.45, 2.75) is 31.8 Å². The molecule has 0 bridgehead atoms. The van der Waals surface area contributed by atoms with Gasteiger partial charge in [-0.05, 0) is 48.7 Å². The molecule has 1 saturated heterocycles. The van der Waals surface area contributed by atoms with Crippen molar-refractivity contribution in [1.29, 1.82) is 0 Å². The summed E-state index contributed by atoms with van der Waals surface area (Å²) in [5.41, 5.74) is 3.48. The molecule has 138 valence electrons. The molecule has 0 radical (unpaired) electrons. The molecule has 2 aliphatic rings. The average molecular weight is 381 g/mol. The van der Waals surface area contributed by atoms with Crippen molar-refractivity contribution in [1.82, 2.24) is 25.1 Å². The number of hydrogen-bond acceptors (Lipinski definition) is 5.